The number of nitrogen functional groups attached to an aromatic ring is 1. The Balaban J connectivity index is 1.99. The second kappa shape index (κ2) is 5.71. The minimum atomic E-state index is 0.585. The van der Waals surface area contributed by atoms with Crippen LogP contribution >= 0.6 is 0 Å². The van der Waals surface area contributed by atoms with Crippen molar-refractivity contribution in [1.29, 1.82) is 0 Å². The fourth-order valence-electron chi connectivity index (χ4n) is 2.25. The predicted octanol–water partition coefficient (Wildman–Crippen LogP) is 3.52. The van der Waals surface area contributed by atoms with E-state index in [9.17, 15) is 0 Å². The van der Waals surface area contributed by atoms with Crippen LogP contribution in [-0.4, -0.2) is 16.4 Å². The van der Waals surface area contributed by atoms with Crippen molar-refractivity contribution in [3.05, 3.63) is 60.9 Å². The summed E-state index contributed by atoms with van der Waals surface area (Å²) in [5.41, 5.74) is 9.77. The minimum absolute atomic E-state index is 0.585. The molecule has 0 aliphatic heterocycles. The molecule has 4 heteroatoms. The van der Waals surface area contributed by atoms with Gasteiger partial charge in [-0.2, -0.15) is 5.10 Å². The topological polar surface area (TPSA) is 53.1 Å². The maximum Gasteiger partial charge on any atom is 0.144 e. The summed E-state index contributed by atoms with van der Waals surface area (Å²) in [5, 5.41) is 4.41. The third-order valence-electron chi connectivity index (χ3n) is 3.28. The molecule has 0 spiro atoms. The Labute approximate surface area is 123 Å². The summed E-state index contributed by atoms with van der Waals surface area (Å²) in [7, 11) is 0. The molecule has 0 aliphatic carbocycles. The molecule has 4 nitrogen and oxygen atoms in total. The van der Waals surface area contributed by atoms with E-state index in [1.807, 2.05) is 55.7 Å². The highest BCUT2D eigenvalue weighted by Gasteiger charge is 2.09. The lowest BCUT2D eigenvalue weighted by atomic mass is 10.1. The molecule has 0 saturated carbocycles. The van der Waals surface area contributed by atoms with Crippen molar-refractivity contribution >= 4 is 5.69 Å². The maximum atomic E-state index is 6.16. The lowest BCUT2D eigenvalue weighted by Gasteiger charge is -2.11. The van der Waals surface area contributed by atoms with Gasteiger partial charge in [-0.25, -0.2) is 4.68 Å². The van der Waals surface area contributed by atoms with E-state index in [1.54, 1.807) is 4.68 Å². The smallest absolute Gasteiger partial charge is 0.144 e. The number of hydrogen-bond donors (Lipinski definition) is 1. The van der Waals surface area contributed by atoms with Gasteiger partial charge in [0.1, 0.15) is 11.4 Å². The lowest BCUT2D eigenvalue weighted by molar-refractivity contribution is 0.342. The molecule has 106 valence electrons. The molecule has 1 aromatic heterocycles. The van der Waals surface area contributed by atoms with E-state index in [-0.39, 0.29) is 0 Å². The second-order valence-electron chi connectivity index (χ2n) is 4.66. The number of hydrogen-bond acceptors (Lipinski definition) is 3. The first-order chi connectivity index (χ1) is 10.3. The van der Waals surface area contributed by atoms with Gasteiger partial charge in [-0.1, -0.05) is 36.4 Å². The Morgan fingerprint density at radius 3 is 2.62 bits per heavy atom. The third kappa shape index (κ3) is 2.60. The van der Waals surface area contributed by atoms with Crippen molar-refractivity contribution in [3.63, 3.8) is 0 Å². The first-order valence-corrected chi connectivity index (χ1v) is 6.91. The van der Waals surface area contributed by atoms with Crippen LogP contribution < -0.4 is 10.5 Å². The maximum absolute atomic E-state index is 6.16. The number of aromatic nitrogens is 2. The van der Waals surface area contributed by atoms with Crippen molar-refractivity contribution in [2.75, 3.05) is 12.3 Å². The fourth-order valence-corrected chi connectivity index (χ4v) is 2.25. The van der Waals surface area contributed by atoms with Crippen molar-refractivity contribution in [1.82, 2.24) is 9.78 Å². The number of nitrogens with two attached hydrogens (primary N) is 1. The summed E-state index contributed by atoms with van der Waals surface area (Å²) in [6, 6.07) is 15.8. The zero-order valence-corrected chi connectivity index (χ0v) is 11.9. The van der Waals surface area contributed by atoms with Gasteiger partial charge in [0.25, 0.3) is 0 Å². The van der Waals surface area contributed by atoms with Crippen LogP contribution in [0.2, 0.25) is 0 Å². The summed E-state index contributed by atoms with van der Waals surface area (Å²) in [6.45, 7) is 2.52. The van der Waals surface area contributed by atoms with Crippen LogP contribution in [0.4, 0.5) is 5.69 Å². The van der Waals surface area contributed by atoms with Gasteiger partial charge in [0.15, 0.2) is 0 Å². The zero-order valence-electron chi connectivity index (χ0n) is 11.9. The van der Waals surface area contributed by atoms with Crippen molar-refractivity contribution in [2.24, 2.45) is 0 Å². The number of rotatable bonds is 4. The monoisotopic (exact) mass is 279 g/mol. The quantitative estimate of drug-likeness (QED) is 0.743. The normalized spacial score (nSPS) is 10.5. The van der Waals surface area contributed by atoms with Crippen molar-refractivity contribution in [2.45, 2.75) is 6.92 Å². The number of anilines is 1. The van der Waals surface area contributed by atoms with Crippen LogP contribution in [0.3, 0.4) is 0 Å². The van der Waals surface area contributed by atoms with E-state index in [0.717, 1.165) is 16.8 Å². The SMILES string of the molecule is CCOc1cccc(-n2cc(-c3ccccc3)cn2)c1N. The Hall–Kier alpha value is -2.75. The van der Waals surface area contributed by atoms with Crippen LogP contribution in [-0.2, 0) is 0 Å². The van der Waals surface area contributed by atoms with Gasteiger partial charge in [0.2, 0.25) is 0 Å². The van der Waals surface area contributed by atoms with Gasteiger partial charge >= 0.3 is 0 Å². The van der Waals surface area contributed by atoms with Gasteiger partial charge in [0, 0.05) is 11.8 Å². The molecule has 2 aromatic carbocycles. The Bertz CT molecular complexity index is 735. The summed E-state index contributed by atoms with van der Waals surface area (Å²) in [4.78, 5) is 0. The van der Waals surface area contributed by atoms with Crippen LogP contribution in [0.5, 0.6) is 5.75 Å². The van der Waals surface area contributed by atoms with E-state index >= 15 is 0 Å². The summed E-state index contributed by atoms with van der Waals surface area (Å²) in [6.07, 6.45) is 3.80. The average Bonchev–Trinajstić information content (AvgIpc) is 3.00. The lowest BCUT2D eigenvalue weighted by Crippen LogP contribution is -2.03. The zero-order chi connectivity index (χ0) is 14.7. The van der Waals surface area contributed by atoms with Crippen LogP contribution in [0, 0.1) is 0 Å². The highest BCUT2D eigenvalue weighted by Crippen LogP contribution is 2.29. The standard InChI is InChI=1S/C17H17N3O/c1-2-21-16-10-6-9-15(17(16)18)20-12-14(11-19-20)13-7-4-3-5-8-13/h3-12H,2,18H2,1H3. The Kier molecular flexibility index (Phi) is 3.60. The first-order valence-electron chi connectivity index (χ1n) is 6.91. The molecular formula is C17H17N3O. The van der Waals surface area contributed by atoms with Crippen molar-refractivity contribution in [3.8, 4) is 22.6 Å². The van der Waals surface area contributed by atoms with Crippen LogP contribution in [0.1, 0.15) is 6.92 Å². The molecule has 3 rings (SSSR count). The van der Waals surface area contributed by atoms with E-state index in [1.165, 1.54) is 0 Å². The number of para-hydroxylation sites is 1. The molecular weight excluding hydrogens is 262 g/mol. The van der Waals surface area contributed by atoms with Crippen LogP contribution in [0.15, 0.2) is 60.9 Å². The van der Waals surface area contributed by atoms with Gasteiger partial charge in [0.05, 0.1) is 18.5 Å². The molecule has 0 bridgehead atoms. The van der Waals surface area contributed by atoms with E-state index in [2.05, 4.69) is 17.2 Å². The Morgan fingerprint density at radius 1 is 1.05 bits per heavy atom. The van der Waals surface area contributed by atoms with Gasteiger partial charge < -0.3 is 10.5 Å². The Morgan fingerprint density at radius 2 is 1.86 bits per heavy atom. The highest BCUT2D eigenvalue weighted by molar-refractivity contribution is 5.68. The van der Waals surface area contributed by atoms with E-state index in [4.69, 9.17) is 10.5 Å². The molecule has 0 aliphatic rings. The average molecular weight is 279 g/mol. The largest absolute Gasteiger partial charge is 0.492 e. The molecule has 1 heterocycles. The van der Waals surface area contributed by atoms with Crippen LogP contribution in [0.25, 0.3) is 16.8 Å². The molecule has 0 saturated heterocycles. The predicted molar refractivity (Wildman–Crippen MR) is 84.6 cm³/mol. The van der Waals surface area contributed by atoms with Gasteiger partial charge in [-0.3, -0.25) is 0 Å². The number of nitrogens with zero attached hydrogens (tertiary/aromatic N) is 2. The molecule has 0 amide bonds. The molecule has 3 aromatic rings. The molecule has 21 heavy (non-hydrogen) atoms. The first kappa shape index (κ1) is 13.2. The molecule has 2 N–H and O–H groups in total. The number of benzene rings is 2. The molecule has 0 atom stereocenters. The second-order valence-corrected chi connectivity index (χ2v) is 4.66. The summed E-state index contributed by atoms with van der Waals surface area (Å²) >= 11 is 0. The van der Waals surface area contributed by atoms with Gasteiger partial charge in [-0.15, -0.1) is 0 Å². The highest BCUT2D eigenvalue weighted by atomic mass is 16.5. The van der Waals surface area contributed by atoms with Crippen molar-refractivity contribution < 1.29 is 4.74 Å². The molecule has 0 unspecified atom stereocenters. The molecule has 0 radical (unpaired) electrons. The third-order valence-corrected chi connectivity index (χ3v) is 3.28. The fraction of sp³-hybridized carbons (Fsp3) is 0.118. The van der Waals surface area contributed by atoms with E-state index in [0.29, 0.717) is 18.0 Å². The molecule has 0 fully saturated rings. The number of ether oxygens (including phenoxy) is 1. The minimum Gasteiger partial charge on any atom is -0.492 e. The van der Waals surface area contributed by atoms with Gasteiger partial charge in [-0.05, 0) is 24.6 Å². The van der Waals surface area contributed by atoms with E-state index < -0.39 is 0 Å². The summed E-state index contributed by atoms with van der Waals surface area (Å²) < 4.78 is 7.30. The summed E-state index contributed by atoms with van der Waals surface area (Å²) in [5.74, 6) is 0.687.